The summed E-state index contributed by atoms with van der Waals surface area (Å²) in [7, 11) is 0. The number of likely N-dealkylation sites (tertiary alicyclic amines) is 1. The van der Waals surface area contributed by atoms with Crippen molar-refractivity contribution in [2.24, 2.45) is 0 Å². The third kappa shape index (κ3) is 3.80. The molecule has 19 heavy (non-hydrogen) atoms. The molecule has 1 aliphatic heterocycles. The van der Waals surface area contributed by atoms with E-state index in [1.807, 2.05) is 0 Å². The Balaban J connectivity index is 1.94. The summed E-state index contributed by atoms with van der Waals surface area (Å²) >= 11 is 0. The van der Waals surface area contributed by atoms with Crippen LogP contribution in [-0.2, 0) is 4.79 Å². The summed E-state index contributed by atoms with van der Waals surface area (Å²) in [6.45, 7) is 5.99. The summed E-state index contributed by atoms with van der Waals surface area (Å²) in [5, 5.41) is 3.03. The quantitative estimate of drug-likeness (QED) is 0.903. The van der Waals surface area contributed by atoms with E-state index in [0.29, 0.717) is 12.1 Å². The smallest absolute Gasteiger partial charge is 0.217 e. The second-order valence-corrected chi connectivity index (χ2v) is 5.35. The molecule has 0 saturated carbocycles. The number of benzene rings is 1. The van der Waals surface area contributed by atoms with Gasteiger partial charge in [0.05, 0.1) is 0 Å². The first-order valence-electron chi connectivity index (χ1n) is 7.26. The SMILES string of the molecule is CCC(c1ccccc1)N1CCC(NC(C)=O)CC1. The summed E-state index contributed by atoms with van der Waals surface area (Å²) in [5.41, 5.74) is 1.41. The van der Waals surface area contributed by atoms with Gasteiger partial charge in [0.25, 0.3) is 0 Å². The van der Waals surface area contributed by atoms with E-state index < -0.39 is 0 Å². The van der Waals surface area contributed by atoms with Crippen molar-refractivity contribution in [1.29, 1.82) is 0 Å². The third-order valence-corrected chi connectivity index (χ3v) is 3.95. The Kier molecular flexibility index (Phi) is 4.97. The Morgan fingerprint density at radius 3 is 2.47 bits per heavy atom. The topological polar surface area (TPSA) is 32.3 Å². The number of piperidine rings is 1. The fourth-order valence-corrected chi connectivity index (χ4v) is 3.02. The fraction of sp³-hybridized carbons (Fsp3) is 0.562. The van der Waals surface area contributed by atoms with E-state index >= 15 is 0 Å². The normalized spacial score (nSPS) is 19.1. The van der Waals surface area contributed by atoms with Crippen LogP contribution in [0.2, 0.25) is 0 Å². The minimum atomic E-state index is 0.0913. The van der Waals surface area contributed by atoms with Gasteiger partial charge in [-0.15, -0.1) is 0 Å². The van der Waals surface area contributed by atoms with Gasteiger partial charge in [-0.1, -0.05) is 37.3 Å². The standard InChI is InChI=1S/C16H24N2O/c1-3-16(14-7-5-4-6-8-14)18-11-9-15(10-12-18)17-13(2)19/h4-8,15-16H,3,9-12H2,1-2H3,(H,17,19). The molecule has 1 saturated heterocycles. The maximum atomic E-state index is 11.1. The fourth-order valence-electron chi connectivity index (χ4n) is 3.02. The van der Waals surface area contributed by atoms with Crippen LogP contribution in [-0.4, -0.2) is 29.9 Å². The van der Waals surface area contributed by atoms with E-state index in [4.69, 9.17) is 0 Å². The molecule has 0 aromatic heterocycles. The van der Waals surface area contributed by atoms with Gasteiger partial charge in [0.1, 0.15) is 0 Å². The Labute approximate surface area is 116 Å². The number of nitrogens with one attached hydrogen (secondary N) is 1. The van der Waals surface area contributed by atoms with Gasteiger partial charge >= 0.3 is 0 Å². The molecule has 3 heteroatoms. The second kappa shape index (κ2) is 6.71. The van der Waals surface area contributed by atoms with Crippen LogP contribution >= 0.6 is 0 Å². The molecule has 0 aliphatic carbocycles. The predicted octanol–water partition coefficient (Wildman–Crippen LogP) is 2.74. The van der Waals surface area contributed by atoms with Gasteiger partial charge in [-0.25, -0.2) is 0 Å². The first kappa shape index (κ1) is 14.1. The van der Waals surface area contributed by atoms with Gasteiger partial charge in [0, 0.05) is 32.1 Å². The molecule has 1 aromatic carbocycles. The number of rotatable bonds is 4. The molecule has 1 amide bonds. The summed E-state index contributed by atoms with van der Waals surface area (Å²) in [4.78, 5) is 13.6. The number of carbonyl (C=O) groups excluding carboxylic acids is 1. The summed E-state index contributed by atoms with van der Waals surface area (Å²) in [6.07, 6.45) is 3.25. The summed E-state index contributed by atoms with van der Waals surface area (Å²) in [6, 6.07) is 11.6. The number of amides is 1. The number of carbonyl (C=O) groups is 1. The van der Waals surface area contributed by atoms with Gasteiger partial charge in [-0.2, -0.15) is 0 Å². The van der Waals surface area contributed by atoms with Gasteiger partial charge in [-0.05, 0) is 24.8 Å². The van der Waals surface area contributed by atoms with Crippen molar-refractivity contribution in [3.63, 3.8) is 0 Å². The van der Waals surface area contributed by atoms with Crippen molar-refractivity contribution in [2.75, 3.05) is 13.1 Å². The zero-order valence-electron chi connectivity index (χ0n) is 11.9. The molecular weight excluding hydrogens is 236 g/mol. The molecule has 1 fully saturated rings. The van der Waals surface area contributed by atoms with E-state index in [1.54, 1.807) is 6.92 Å². The van der Waals surface area contributed by atoms with Crippen LogP contribution in [0.15, 0.2) is 30.3 Å². The maximum absolute atomic E-state index is 11.1. The Morgan fingerprint density at radius 2 is 1.95 bits per heavy atom. The highest BCUT2D eigenvalue weighted by atomic mass is 16.1. The molecule has 1 aliphatic rings. The number of hydrogen-bond acceptors (Lipinski definition) is 2. The molecule has 1 unspecified atom stereocenters. The monoisotopic (exact) mass is 260 g/mol. The van der Waals surface area contributed by atoms with Gasteiger partial charge < -0.3 is 5.32 Å². The van der Waals surface area contributed by atoms with Crippen LogP contribution in [0.1, 0.15) is 44.7 Å². The molecule has 1 aromatic rings. The highest BCUT2D eigenvalue weighted by molar-refractivity contribution is 5.73. The number of nitrogens with zero attached hydrogens (tertiary/aromatic N) is 1. The van der Waals surface area contributed by atoms with Crippen LogP contribution in [0.25, 0.3) is 0 Å². The van der Waals surface area contributed by atoms with Crippen LogP contribution in [0.5, 0.6) is 0 Å². The highest BCUT2D eigenvalue weighted by Crippen LogP contribution is 2.27. The van der Waals surface area contributed by atoms with E-state index in [9.17, 15) is 4.79 Å². The van der Waals surface area contributed by atoms with Crippen LogP contribution < -0.4 is 5.32 Å². The van der Waals surface area contributed by atoms with Crippen molar-refractivity contribution < 1.29 is 4.79 Å². The number of hydrogen-bond donors (Lipinski definition) is 1. The lowest BCUT2D eigenvalue weighted by Crippen LogP contribution is -2.45. The minimum Gasteiger partial charge on any atom is -0.354 e. The van der Waals surface area contributed by atoms with E-state index in [2.05, 4.69) is 47.5 Å². The van der Waals surface area contributed by atoms with Crippen molar-refractivity contribution in [2.45, 2.75) is 45.2 Å². The molecule has 2 rings (SSSR count). The van der Waals surface area contributed by atoms with Crippen LogP contribution in [0.3, 0.4) is 0 Å². The Bertz CT molecular complexity index is 396. The summed E-state index contributed by atoms with van der Waals surface area (Å²) in [5.74, 6) is 0.0913. The lowest BCUT2D eigenvalue weighted by atomic mass is 9.97. The molecule has 104 valence electrons. The molecule has 0 bridgehead atoms. The van der Waals surface area contributed by atoms with E-state index in [-0.39, 0.29) is 5.91 Å². The predicted molar refractivity (Wildman–Crippen MR) is 77.9 cm³/mol. The molecule has 0 spiro atoms. The van der Waals surface area contributed by atoms with Gasteiger partial charge in [-0.3, -0.25) is 9.69 Å². The van der Waals surface area contributed by atoms with Gasteiger partial charge in [0.2, 0.25) is 5.91 Å². The largest absolute Gasteiger partial charge is 0.354 e. The van der Waals surface area contributed by atoms with Gasteiger partial charge in [0.15, 0.2) is 0 Å². The van der Waals surface area contributed by atoms with Crippen molar-refractivity contribution in [3.8, 4) is 0 Å². The van der Waals surface area contributed by atoms with Crippen molar-refractivity contribution in [3.05, 3.63) is 35.9 Å². The average Bonchev–Trinajstić information content (AvgIpc) is 2.42. The van der Waals surface area contributed by atoms with Crippen molar-refractivity contribution in [1.82, 2.24) is 10.2 Å². The molecule has 1 atom stereocenters. The van der Waals surface area contributed by atoms with Crippen LogP contribution in [0.4, 0.5) is 0 Å². The first-order valence-corrected chi connectivity index (χ1v) is 7.26. The summed E-state index contributed by atoms with van der Waals surface area (Å²) < 4.78 is 0. The zero-order chi connectivity index (χ0) is 13.7. The highest BCUT2D eigenvalue weighted by Gasteiger charge is 2.25. The average molecular weight is 260 g/mol. The molecule has 1 heterocycles. The third-order valence-electron chi connectivity index (χ3n) is 3.95. The molecule has 0 radical (unpaired) electrons. The van der Waals surface area contributed by atoms with E-state index in [1.165, 1.54) is 5.56 Å². The minimum absolute atomic E-state index is 0.0913. The maximum Gasteiger partial charge on any atom is 0.217 e. The van der Waals surface area contributed by atoms with E-state index in [0.717, 1.165) is 32.4 Å². The lowest BCUT2D eigenvalue weighted by molar-refractivity contribution is -0.120. The second-order valence-electron chi connectivity index (χ2n) is 5.35. The molecule has 3 nitrogen and oxygen atoms in total. The lowest BCUT2D eigenvalue weighted by Gasteiger charge is -2.37. The molecular formula is C16H24N2O. The zero-order valence-corrected chi connectivity index (χ0v) is 11.9. The molecule has 1 N–H and O–H groups in total. The van der Waals surface area contributed by atoms with Crippen LogP contribution in [0, 0.1) is 0 Å². The Hall–Kier alpha value is -1.35. The Morgan fingerprint density at radius 1 is 1.32 bits per heavy atom. The van der Waals surface area contributed by atoms with Crippen molar-refractivity contribution >= 4 is 5.91 Å². The first-order chi connectivity index (χ1) is 9.20.